The van der Waals surface area contributed by atoms with Crippen LogP contribution < -0.4 is 10.2 Å². The van der Waals surface area contributed by atoms with Crippen LogP contribution in [0.5, 0.6) is 5.75 Å². The fourth-order valence-electron chi connectivity index (χ4n) is 3.59. The lowest BCUT2D eigenvalue weighted by molar-refractivity contribution is -0.152. The molecule has 1 aromatic heterocycles. The van der Waals surface area contributed by atoms with Gasteiger partial charge < -0.3 is 9.15 Å². The zero-order chi connectivity index (χ0) is 25.5. The third-order valence-corrected chi connectivity index (χ3v) is 5.98. The van der Waals surface area contributed by atoms with Crippen molar-refractivity contribution in [2.24, 2.45) is 0 Å². The summed E-state index contributed by atoms with van der Waals surface area (Å²) in [5, 5.41) is -0.0646. The minimum absolute atomic E-state index is 0.0462. The van der Waals surface area contributed by atoms with Gasteiger partial charge in [-0.3, -0.25) is 4.79 Å². The van der Waals surface area contributed by atoms with Crippen molar-refractivity contribution < 1.29 is 27.1 Å². The van der Waals surface area contributed by atoms with Crippen LogP contribution in [-0.4, -0.2) is 5.97 Å². The molecule has 0 amide bonds. The molecule has 0 aliphatic rings. The normalized spacial score (nSPS) is 12.1. The lowest BCUT2D eigenvalue weighted by Crippen LogP contribution is -2.16. The number of rotatable bonds is 3. The molecule has 0 fully saturated rings. The summed E-state index contributed by atoms with van der Waals surface area (Å²) in [6.07, 6.45) is -4.92. The summed E-state index contributed by atoms with van der Waals surface area (Å²) in [6, 6.07) is 16.5. The molecule has 0 unspecified atom stereocenters. The maximum Gasteiger partial charge on any atom is 0.450 e. The molecule has 3 aromatic carbocycles. The molecule has 1 heterocycles. The summed E-state index contributed by atoms with van der Waals surface area (Å²) >= 11 is 3.23. The van der Waals surface area contributed by atoms with E-state index < -0.39 is 28.9 Å². The first-order chi connectivity index (χ1) is 16.3. The van der Waals surface area contributed by atoms with Gasteiger partial charge in [-0.2, -0.15) is 13.2 Å². The van der Waals surface area contributed by atoms with Gasteiger partial charge in [0.2, 0.25) is 11.2 Å². The molecule has 0 saturated carbocycles. The zero-order valence-electron chi connectivity index (χ0n) is 19.0. The Morgan fingerprint density at radius 3 is 2.11 bits per heavy atom. The van der Waals surface area contributed by atoms with E-state index in [-0.39, 0.29) is 33.3 Å². The largest absolute Gasteiger partial charge is 0.450 e. The number of halogens is 4. The Bertz CT molecular complexity index is 1460. The second-order valence-electron chi connectivity index (χ2n) is 9.01. The van der Waals surface area contributed by atoms with Gasteiger partial charge in [-0.05, 0) is 52.9 Å². The molecule has 0 bridgehead atoms. The molecule has 0 radical (unpaired) electrons. The van der Waals surface area contributed by atoms with Crippen molar-refractivity contribution in [2.75, 3.05) is 0 Å². The van der Waals surface area contributed by atoms with Crippen LogP contribution in [-0.2, 0) is 11.6 Å². The van der Waals surface area contributed by atoms with Crippen molar-refractivity contribution in [2.45, 2.75) is 32.4 Å². The lowest BCUT2D eigenvalue weighted by atomic mass is 9.87. The first-order valence-corrected chi connectivity index (χ1v) is 11.4. The number of hydrogen-bond acceptors (Lipinski definition) is 4. The fourth-order valence-corrected chi connectivity index (χ4v) is 3.85. The first kappa shape index (κ1) is 24.7. The number of benzene rings is 3. The minimum Gasteiger partial charge on any atom is -0.450 e. The van der Waals surface area contributed by atoms with E-state index in [1.165, 1.54) is 36.4 Å². The summed E-state index contributed by atoms with van der Waals surface area (Å²) in [5.74, 6) is -2.15. The second-order valence-corrected chi connectivity index (χ2v) is 9.93. The van der Waals surface area contributed by atoms with Crippen molar-refractivity contribution in [1.29, 1.82) is 0 Å². The van der Waals surface area contributed by atoms with Crippen LogP contribution in [0.2, 0.25) is 0 Å². The third-order valence-electron chi connectivity index (χ3n) is 5.45. The van der Waals surface area contributed by atoms with Crippen LogP contribution in [0, 0.1) is 0 Å². The predicted molar refractivity (Wildman–Crippen MR) is 131 cm³/mol. The Morgan fingerprint density at radius 2 is 1.54 bits per heavy atom. The van der Waals surface area contributed by atoms with E-state index in [0.29, 0.717) is 4.47 Å². The van der Waals surface area contributed by atoms with Crippen molar-refractivity contribution >= 4 is 32.9 Å². The van der Waals surface area contributed by atoms with E-state index in [4.69, 9.17) is 9.15 Å². The summed E-state index contributed by atoms with van der Waals surface area (Å²) in [7, 11) is 0. The average molecular weight is 545 g/mol. The van der Waals surface area contributed by atoms with Gasteiger partial charge >= 0.3 is 12.1 Å². The maximum atomic E-state index is 13.8. The number of carbonyl (C=O) groups is 1. The Morgan fingerprint density at radius 1 is 0.914 bits per heavy atom. The van der Waals surface area contributed by atoms with Gasteiger partial charge in [0.1, 0.15) is 11.3 Å². The summed E-state index contributed by atoms with van der Waals surface area (Å²) in [4.78, 5) is 25.6. The van der Waals surface area contributed by atoms with Crippen LogP contribution >= 0.6 is 15.9 Å². The monoisotopic (exact) mass is 544 g/mol. The zero-order valence-corrected chi connectivity index (χ0v) is 20.6. The van der Waals surface area contributed by atoms with Crippen molar-refractivity contribution in [3.63, 3.8) is 0 Å². The van der Waals surface area contributed by atoms with E-state index in [1.54, 1.807) is 12.1 Å². The van der Waals surface area contributed by atoms with Crippen molar-refractivity contribution in [1.82, 2.24) is 0 Å². The van der Waals surface area contributed by atoms with E-state index in [0.717, 1.165) is 11.6 Å². The SMILES string of the molecule is CC(C)(C)c1ccc(C(=O)Oc2ccc3c(=O)c(-c4ccc(Br)cc4)c(C(F)(F)F)oc3c2)cc1. The smallest absolute Gasteiger partial charge is 0.450 e. The number of hydrogen-bond donors (Lipinski definition) is 0. The molecule has 0 aliphatic heterocycles. The Balaban J connectivity index is 1.73. The number of fused-ring (bicyclic) bond motifs is 1. The molecule has 180 valence electrons. The summed E-state index contributed by atoms with van der Waals surface area (Å²) in [5.41, 5.74) is -0.465. The van der Waals surface area contributed by atoms with Gasteiger partial charge in [0.15, 0.2) is 0 Å². The van der Waals surface area contributed by atoms with Gasteiger partial charge in [0.05, 0.1) is 16.5 Å². The van der Waals surface area contributed by atoms with E-state index in [9.17, 15) is 22.8 Å². The molecule has 4 aromatic rings. The van der Waals surface area contributed by atoms with E-state index in [2.05, 4.69) is 15.9 Å². The van der Waals surface area contributed by atoms with Gasteiger partial charge in [-0.25, -0.2) is 4.79 Å². The van der Waals surface area contributed by atoms with Gasteiger partial charge in [-0.15, -0.1) is 0 Å². The summed E-state index contributed by atoms with van der Waals surface area (Å²) < 4.78 is 52.7. The Kier molecular flexibility index (Phi) is 6.36. The van der Waals surface area contributed by atoms with E-state index in [1.807, 2.05) is 32.9 Å². The quantitative estimate of drug-likeness (QED) is 0.195. The highest BCUT2D eigenvalue weighted by atomic mass is 79.9. The molecule has 4 nitrogen and oxygen atoms in total. The van der Waals surface area contributed by atoms with Gasteiger partial charge in [0, 0.05) is 10.5 Å². The molecule has 0 saturated heterocycles. The molecule has 8 heteroatoms. The van der Waals surface area contributed by atoms with Gasteiger partial charge in [-0.1, -0.05) is 61.0 Å². The van der Waals surface area contributed by atoms with Crippen LogP contribution in [0.3, 0.4) is 0 Å². The van der Waals surface area contributed by atoms with Crippen LogP contribution in [0.25, 0.3) is 22.1 Å². The summed E-state index contributed by atoms with van der Waals surface area (Å²) in [6.45, 7) is 6.13. The number of ether oxygens (including phenoxy) is 1. The molecular formula is C27H20BrF3O4. The Labute approximate surface area is 207 Å². The van der Waals surface area contributed by atoms with Crippen molar-refractivity contribution in [3.8, 4) is 16.9 Å². The van der Waals surface area contributed by atoms with Gasteiger partial charge in [0.25, 0.3) is 0 Å². The van der Waals surface area contributed by atoms with Crippen LogP contribution in [0.15, 0.2) is 80.4 Å². The molecule has 0 atom stereocenters. The van der Waals surface area contributed by atoms with Crippen LogP contribution in [0.4, 0.5) is 13.2 Å². The highest BCUT2D eigenvalue weighted by molar-refractivity contribution is 9.10. The molecule has 0 N–H and O–H groups in total. The highest BCUT2D eigenvalue weighted by Gasteiger charge is 2.39. The van der Waals surface area contributed by atoms with Crippen LogP contribution in [0.1, 0.15) is 42.5 Å². The minimum atomic E-state index is -4.92. The molecule has 0 spiro atoms. The molecule has 0 aliphatic carbocycles. The Hall–Kier alpha value is -3.39. The highest BCUT2D eigenvalue weighted by Crippen LogP contribution is 2.38. The third kappa shape index (κ3) is 5.17. The molecular weight excluding hydrogens is 525 g/mol. The van der Waals surface area contributed by atoms with E-state index >= 15 is 0 Å². The molecule has 4 rings (SSSR count). The number of carbonyl (C=O) groups excluding carboxylic acids is 1. The topological polar surface area (TPSA) is 56.5 Å². The average Bonchev–Trinajstić information content (AvgIpc) is 2.78. The fraction of sp³-hybridized carbons (Fsp3) is 0.185. The standard InChI is InChI=1S/C27H20BrF3O4/c1-26(2,3)17-8-4-16(5-9-17)25(33)34-19-12-13-20-21(14-19)35-24(27(29,30)31)22(23(20)32)15-6-10-18(28)11-7-15/h4-14H,1-3H3. The van der Waals surface area contributed by atoms with Crippen molar-refractivity contribution in [3.05, 3.63) is 98.3 Å². The lowest BCUT2D eigenvalue weighted by Gasteiger charge is -2.18. The number of esters is 1. The first-order valence-electron chi connectivity index (χ1n) is 10.6. The molecule has 35 heavy (non-hydrogen) atoms. The number of alkyl halides is 3. The predicted octanol–water partition coefficient (Wildman–Crippen LogP) is 7.76. The maximum absolute atomic E-state index is 13.8. The second kappa shape index (κ2) is 9.00.